The molecule has 18 heavy (non-hydrogen) atoms. The maximum absolute atomic E-state index is 12.0. The van der Waals surface area contributed by atoms with Crippen molar-refractivity contribution < 1.29 is 18.3 Å². The molecule has 102 valence electrons. The number of nitrogen functional groups attached to an aromatic ring is 1. The summed E-state index contributed by atoms with van der Waals surface area (Å²) in [6, 6.07) is 0. The third kappa shape index (κ3) is 4.02. The number of anilines is 1. The second-order valence-corrected chi connectivity index (χ2v) is 5.23. The topological polar surface area (TPSA) is 70.3 Å². The van der Waals surface area contributed by atoms with Crippen LogP contribution in [-0.2, 0) is 4.74 Å². The molecule has 0 amide bonds. The Morgan fingerprint density at radius 1 is 1.28 bits per heavy atom. The number of aromatic nitrogens is 2. The minimum Gasteiger partial charge on any atom is -0.469 e. The first-order chi connectivity index (χ1) is 8.63. The minimum atomic E-state index is -2.67. The van der Waals surface area contributed by atoms with E-state index in [2.05, 4.69) is 14.9 Å². The van der Waals surface area contributed by atoms with Gasteiger partial charge in [-0.1, -0.05) is 5.10 Å². The van der Waals surface area contributed by atoms with E-state index in [0.717, 1.165) is 12.8 Å². The van der Waals surface area contributed by atoms with Gasteiger partial charge in [0.2, 0.25) is 5.13 Å². The number of nitrogens with two attached hydrogens (primary N) is 1. The summed E-state index contributed by atoms with van der Waals surface area (Å²) in [4.78, 5) is 0. The zero-order valence-electron chi connectivity index (χ0n) is 9.72. The Bertz CT molecular complexity index is 370. The van der Waals surface area contributed by atoms with Crippen LogP contribution in [0.3, 0.4) is 0 Å². The molecule has 8 heteroatoms. The van der Waals surface area contributed by atoms with Crippen LogP contribution in [0.25, 0.3) is 0 Å². The lowest BCUT2D eigenvalue weighted by molar-refractivity contribution is -0.171. The molecule has 1 aromatic rings. The fourth-order valence-electron chi connectivity index (χ4n) is 2.05. The highest BCUT2D eigenvalue weighted by Gasteiger charge is 2.24. The number of nitrogens with zero attached hydrogens (tertiary/aromatic N) is 2. The average Bonchev–Trinajstić information content (AvgIpc) is 2.74. The molecule has 1 aliphatic carbocycles. The molecule has 0 aromatic carbocycles. The second-order valence-electron chi connectivity index (χ2n) is 4.26. The first-order valence-corrected chi connectivity index (χ1v) is 6.60. The minimum absolute atomic E-state index is 0.321. The fraction of sp³-hybridized carbons (Fsp3) is 0.800. The van der Waals surface area contributed by atoms with Crippen molar-refractivity contribution in [1.29, 1.82) is 0 Å². The van der Waals surface area contributed by atoms with Crippen molar-refractivity contribution in [2.75, 3.05) is 12.3 Å². The van der Waals surface area contributed by atoms with E-state index in [1.165, 1.54) is 11.3 Å². The predicted octanol–water partition coefficient (Wildman–Crippen LogP) is 2.30. The van der Waals surface area contributed by atoms with Crippen LogP contribution in [0.1, 0.15) is 25.7 Å². The van der Waals surface area contributed by atoms with Crippen LogP contribution in [0.5, 0.6) is 5.19 Å². The average molecular weight is 279 g/mol. The van der Waals surface area contributed by atoms with Gasteiger partial charge in [0.05, 0.1) is 12.7 Å². The third-order valence-electron chi connectivity index (χ3n) is 2.95. The molecule has 1 fully saturated rings. The van der Waals surface area contributed by atoms with Gasteiger partial charge >= 0.3 is 6.61 Å². The zero-order chi connectivity index (χ0) is 13.0. The lowest BCUT2D eigenvalue weighted by atomic mass is 9.88. The number of rotatable bonds is 5. The van der Waals surface area contributed by atoms with Gasteiger partial charge in [0, 0.05) is 0 Å². The van der Waals surface area contributed by atoms with E-state index < -0.39 is 6.61 Å². The summed E-state index contributed by atoms with van der Waals surface area (Å²) in [7, 11) is 0. The van der Waals surface area contributed by atoms with Gasteiger partial charge < -0.3 is 15.2 Å². The molecule has 1 heterocycles. The molecule has 0 bridgehead atoms. The summed E-state index contributed by atoms with van der Waals surface area (Å²) in [5.74, 6) is 0.354. The number of hydrogen-bond acceptors (Lipinski definition) is 6. The van der Waals surface area contributed by atoms with Gasteiger partial charge in [-0.2, -0.15) is 8.78 Å². The van der Waals surface area contributed by atoms with E-state index in [1.54, 1.807) is 0 Å². The number of hydrogen-bond donors (Lipinski definition) is 1. The maximum atomic E-state index is 12.0. The summed E-state index contributed by atoms with van der Waals surface area (Å²) < 4.78 is 34.0. The second kappa shape index (κ2) is 6.24. The molecule has 0 spiro atoms. The normalized spacial score (nSPS) is 24.4. The van der Waals surface area contributed by atoms with Crippen LogP contribution in [-0.4, -0.2) is 29.5 Å². The monoisotopic (exact) mass is 279 g/mol. The van der Waals surface area contributed by atoms with Crippen LogP contribution in [0.2, 0.25) is 0 Å². The van der Waals surface area contributed by atoms with Crippen LogP contribution in [0.4, 0.5) is 13.9 Å². The van der Waals surface area contributed by atoms with Crippen LogP contribution >= 0.6 is 11.3 Å². The van der Waals surface area contributed by atoms with E-state index in [9.17, 15) is 8.78 Å². The Balaban J connectivity index is 1.67. The molecular weight excluding hydrogens is 264 g/mol. The zero-order valence-corrected chi connectivity index (χ0v) is 10.5. The molecule has 2 rings (SSSR count). The summed E-state index contributed by atoms with van der Waals surface area (Å²) in [5, 5.41) is 8.23. The van der Waals surface area contributed by atoms with Crippen LogP contribution < -0.4 is 10.5 Å². The van der Waals surface area contributed by atoms with Crippen LogP contribution in [0.15, 0.2) is 0 Å². The molecule has 0 unspecified atom stereocenters. The summed E-state index contributed by atoms with van der Waals surface area (Å²) in [6.45, 7) is -2.15. The van der Waals surface area contributed by atoms with E-state index in [1.807, 2.05) is 0 Å². The Morgan fingerprint density at radius 3 is 2.56 bits per heavy atom. The molecule has 0 radical (unpaired) electrons. The standard InChI is InChI=1S/C10H15F2N3O2S/c11-8(12)17-7-3-1-6(2-4-7)5-16-10-15-14-9(13)18-10/h6-8H,1-5H2,(H2,13,14)/t6-,7-. The molecular formula is C10H15F2N3O2S. The molecule has 2 N–H and O–H groups in total. The van der Waals surface area contributed by atoms with Gasteiger partial charge in [-0.05, 0) is 42.9 Å². The first kappa shape index (κ1) is 13.4. The Labute approximate surface area is 107 Å². The van der Waals surface area contributed by atoms with Gasteiger partial charge in [0.15, 0.2) is 0 Å². The molecule has 1 aliphatic rings. The van der Waals surface area contributed by atoms with Gasteiger partial charge in [-0.3, -0.25) is 0 Å². The van der Waals surface area contributed by atoms with Gasteiger partial charge in [-0.25, -0.2) is 0 Å². The maximum Gasteiger partial charge on any atom is 0.345 e. The van der Waals surface area contributed by atoms with Crippen molar-refractivity contribution in [2.45, 2.75) is 38.4 Å². The predicted molar refractivity (Wildman–Crippen MR) is 62.7 cm³/mol. The van der Waals surface area contributed by atoms with Crippen LogP contribution in [0, 0.1) is 5.92 Å². The largest absolute Gasteiger partial charge is 0.469 e. The molecule has 0 saturated heterocycles. The number of alkyl halides is 2. The Kier molecular flexibility index (Phi) is 4.65. The van der Waals surface area contributed by atoms with Crippen molar-refractivity contribution in [3.05, 3.63) is 0 Å². The quantitative estimate of drug-likeness (QED) is 0.895. The highest BCUT2D eigenvalue weighted by molar-refractivity contribution is 7.16. The Hall–Kier alpha value is -1.02. The first-order valence-electron chi connectivity index (χ1n) is 5.79. The summed E-state index contributed by atoms with van der Waals surface area (Å²) in [6.07, 6.45) is 2.63. The van der Waals surface area contributed by atoms with Gasteiger partial charge in [0.25, 0.3) is 5.19 Å². The molecule has 0 atom stereocenters. The molecule has 5 nitrogen and oxygen atoms in total. The van der Waals surface area contributed by atoms with Crippen molar-refractivity contribution in [2.24, 2.45) is 5.92 Å². The van der Waals surface area contributed by atoms with Crippen molar-refractivity contribution >= 4 is 16.5 Å². The fourth-order valence-corrected chi connectivity index (χ4v) is 2.52. The highest BCUT2D eigenvalue weighted by Crippen LogP contribution is 2.28. The smallest absolute Gasteiger partial charge is 0.345 e. The number of halogens is 2. The van der Waals surface area contributed by atoms with Crippen molar-refractivity contribution in [3.8, 4) is 5.19 Å². The number of ether oxygens (including phenoxy) is 2. The highest BCUT2D eigenvalue weighted by atomic mass is 32.1. The summed E-state index contributed by atoms with van der Waals surface area (Å²) in [5.41, 5.74) is 5.43. The molecule has 1 saturated carbocycles. The van der Waals surface area contributed by atoms with Crippen molar-refractivity contribution in [1.82, 2.24) is 10.2 Å². The Morgan fingerprint density at radius 2 is 2.00 bits per heavy atom. The molecule has 1 aromatic heterocycles. The van der Waals surface area contributed by atoms with E-state index in [-0.39, 0.29) is 6.10 Å². The van der Waals surface area contributed by atoms with Gasteiger partial charge in [-0.15, -0.1) is 5.10 Å². The third-order valence-corrected chi connectivity index (χ3v) is 3.62. The molecule has 0 aliphatic heterocycles. The lowest BCUT2D eigenvalue weighted by Crippen LogP contribution is -2.26. The summed E-state index contributed by atoms with van der Waals surface area (Å²) >= 11 is 1.19. The van der Waals surface area contributed by atoms with Gasteiger partial charge in [0.1, 0.15) is 0 Å². The van der Waals surface area contributed by atoms with E-state index in [0.29, 0.717) is 35.7 Å². The van der Waals surface area contributed by atoms with E-state index >= 15 is 0 Å². The lowest BCUT2D eigenvalue weighted by Gasteiger charge is -2.27. The van der Waals surface area contributed by atoms with Crippen molar-refractivity contribution in [3.63, 3.8) is 0 Å². The SMILES string of the molecule is Nc1nnc(OC[C@H]2CC[C@H](OC(F)F)CC2)s1. The van der Waals surface area contributed by atoms with E-state index in [4.69, 9.17) is 10.5 Å².